The lowest BCUT2D eigenvalue weighted by Crippen LogP contribution is -2.21. The van der Waals surface area contributed by atoms with Crippen LogP contribution in [-0.2, 0) is 4.79 Å². The number of rotatable bonds is 1. The van der Waals surface area contributed by atoms with Crippen LogP contribution in [0.25, 0.3) is 0 Å². The molecule has 12 heavy (non-hydrogen) atoms. The summed E-state index contributed by atoms with van der Waals surface area (Å²) in [4.78, 5) is 10.8. The lowest BCUT2D eigenvalue weighted by molar-refractivity contribution is -0.118. The molecule has 0 aromatic carbocycles. The number of nitrogens with one attached hydrogen (secondary N) is 2. The third kappa shape index (κ3) is 1.21. The van der Waals surface area contributed by atoms with Gasteiger partial charge in [-0.2, -0.15) is 0 Å². The minimum absolute atomic E-state index is 0.00838. The van der Waals surface area contributed by atoms with Gasteiger partial charge >= 0.3 is 0 Å². The first-order chi connectivity index (χ1) is 5.75. The molecule has 0 aliphatic carbocycles. The molecule has 1 saturated heterocycles. The molecule has 2 rings (SSSR count). The molecule has 64 valence electrons. The Balaban J connectivity index is 2.15. The summed E-state index contributed by atoms with van der Waals surface area (Å²) < 4.78 is 5.34. The van der Waals surface area contributed by atoms with E-state index in [1.165, 1.54) is 0 Å². The molecule has 1 aromatic rings. The Labute approximate surface area is 69.9 Å². The molecular formula is C8H10N2O2. The summed E-state index contributed by atoms with van der Waals surface area (Å²) in [5.41, 5.74) is 0. The van der Waals surface area contributed by atoms with Crippen LogP contribution in [0.15, 0.2) is 16.5 Å². The minimum Gasteiger partial charge on any atom is -0.463 e. The van der Waals surface area contributed by atoms with Crippen LogP contribution in [0.3, 0.4) is 0 Å². The molecule has 1 aliphatic heterocycles. The summed E-state index contributed by atoms with van der Waals surface area (Å²) in [5, 5.41) is 5.72. The van der Waals surface area contributed by atoms with Crippen LogP contribution in [0, 0.1) is 6.92 Å². The van der Waals surface area contributed by atoms with E-state index in [1.807, 2.05) is 19.1 Å². The largest absolute Gasteiger partial charge is 0.463 e. The number of carbonyl (C=O) groups is 1. The summed E-state index contributed by atoms with van der Waals surface area (Å²) >= 11 is 0. The van der Waals surface area contributed by atoms with Gasteiger partial charge in [-0.3, -0.25) is 10.1 Å². The van der Waals surface area contributed by atoms with Gasteiger partial charge in [0, 0.05) is 0 Å². The molecule has 0 spiro atoms. The fraction of sp³-hybridized carbons (Fsp3) is 0.375. The zero-order valence-corrected chi connectivity index (χ0v) is 6.76. The number of hydrogen-bond donors (Lipinski definition) is 2. The molecule has 1 atom stereocenters. The highest BCUT2D eigenvalue weighted by Gasteiger charge is 2.23. The summed E-state index contributed by atoms with van der Waals surface area (Å²) in [6.45, 7) is 2.24. The molecule has 0 radical (unpaired) electrons. The summed E-state index contributed by atoms with van der Waals surface area (Å²) in [7, 11) is 0. The van der Waals surface area contributed by atoms with Crippen molar-refractivity contribution >= 4 is 5.91 Å². The quantitative estimate of drug-likeness (QED) is 0.631. The van der Waals surface area contributed by atoms with Crippen LogP contribution in [0.2, 0.25) is 0 Å². The first-order valence-electron chi connectivity index (χ1n) is 3.85. The van der Waals surface area contributed by atoms with Gasteiger partial charge in [0.2, 0.25) is 5.91 Å². The monoisotopic (exact) mass is 166 g/mol. The van der Waals surface area contributed by atoms with Gasteiger partial charge in [-0.15, -0.1) is 0 Å². The molecule has 1 unspecified atom stereocenters. The second kappa shape index (κ2) is 2.64. The predicted octanol–water partition coefficient (Wildman–Crippen LogP) is 0.306. The van der Waals surface area contributed by atoms with Crippen LogP contribution in [0.4, 0.5) is 0 Å². The van der Waals surface area contributed by atoms with Crippen molar-refractivity contribution in [3.63, 3.8) is 0 Å². The van der Waals surface area contributed by atoms with Crippen LogP contribution < -0.4 is 10.6 Å². The van der Waals surface area contributed by atoms with Gasteiger partial charge in [0.15, 0.2) is 0 Å². The Morgan fingerprint density at radius 1 is 1.58 bits per heavy atom. The maximum atomic E-state index is 10.8. The van der Waals surface area contributed by atoms with Crippen LogP contribution in [0.5, 0.6) is 0 Å². The van der Waals surface area contributed by atoms with E-state index in [2.05, 4.69) is 10.6 Å². The van der Waals surface area contributed by atoms with Crippen molar-refractivity contribution in [2.45, 2.75) is 13.1 Å². The highest BCUT2D eigenvalue weighted by molar-refractivity contribution is 5.80. The number of carbonyl (C=O) groups excluding carboxylic acids is 1. The zero-order chi connectivity index (χ0) is 8.55. The lowest BCUT2D eigenvalue weighted by atomic mass is 10.4. The maximum absolute atomic E-state index is 10.8. The summed E-state index contributed by atoms with van der Waals surface area (Å²) in [5.74, 6) is 1.63. The van der Waals surface area contributed by atoms with Crippen molar-refractivity contribution in [2.75, 3.05) is 6.54 Å². The van der Waals surface area contributed by atoms with Gasteiger partial charge in [0.05, 0.1) is 6.54 Å². The van der Waals surface area contributed by atoms with Gasteiger partial charge in [0.25, 0.3) is 0 Å². The van der Waals surface area contributed by atoms with E-state index in [0.717, 1.165) is 11.5 Å². The number of amides is 1. The molecular weight excluding hydrogens is 156 g/mol. The second-order valence-corrected chi connectivity index (χ2v) is 2.83. The number of furan rings is 1. The summed E-state index contributed by atoms with van der Waals surface area (Å²) in [6.07, 6.45) is -0.147. The standard InChI is InChI=1S/C8H10N2O2/c1-5-2-3-6(12-5)8-9-4-7(11)10-8/h2-3,8-9H,4H2,1H3,(H,10,11). The van der Waals surface area contributed by atoms with Crippen molar-refractivity contribution in [1.29, 1.82) is 0 Å². The van der Waals surface area contributed by atoms with E-state index in [-0.39, 0.29) is 12.1 Å². The second-order valence-electron chi connectivity index (χ2n) is 2.83. The van der Waals surface area contributed by atoms with Gasteiger partial charge < -0.3 is 9.73 Å². The van der Waals surface area contributed by atoms with Gasteiger partial charge in [-0.25, -0.2) is 0 Å². The molecule has 1 fully saturated rings. The predicted molar refractivity (Wildman–Crippen MR) is 42.3 cm³/mol. The average molecular weight is 166 g/mol. The van der Waals surface area contributed by atoms with Crippen molar-refractivity contribution in [3.05, 3.63) is 23.7 Å². The third-order valence-electron chi connectivity index (χ3n) is 1.82. The Morgan fingerprint density at radius 2 is 2.42 bits per heavy atom. The highest BCUT2D eigenvalue weighted by Crippen LogP contribution is 2.15. The molecule has 0 saturated carbocycles. The van der Waals surface area contributed by atoms with E-state index in [1.54, 1.807) is 0 Å². The topological polar surface area (TPSA) is 54.3 Å². The van der Waals surface area contributed by atoms with Crippen molar-refractivity contribution in [1.82, 2.24) is 10.6 Å². The van der Waals surface area contributed by atoms with Gasteiger partial charge in [-0.1, -0.05) is 0 Å². The first kappa shape index (κ1) is 7.36. The molecule has 2 N–H and O–H groups in total. The fourth-order valence-electron chi connectivity index (χ4n) is 1.24. The van der Waals surface area contributed by atoms with Crippen molar-refractivity contribution < 1.29 is 9.21 Å². The van der Waals surface area contributed by atoms with E-state index in [9.17, 15) is 4.79 Å². The molecule has 4 heteroatoms. The average Bonchev–Trinajstić information content (AvgIpc) is 2.58. The molecule has 1 amide bonds. The number of aryl methyl sites for hydroxylation is 1. The molecule has 1 aliphatic rings. The minimum atomic E-state index is -0.147. The molecule has 1 aromatic heterocycles. The van der Waals surface area contributed by atoms with Crippen LogP contribution in [-0.4, -0.2) is 12.5 Å². The molecule has 0 bridgehead atoms. The Hall–Kier alpha value is -1.29. The Kier molecular flexibility index (Phi) is 1.62. The lowest BCUT2D eigenvalue weighted by Gasteiger charge is -2.05. The SMILES string of the molecule is Cc1ccc(C2NCC(=O)N2)o1. The zero-order valence-electron chi connectivity index (χ0n) is 6.76. The fourth-order valence-corrected chi connectivity index (χ4v) is 1.24. The highest BCUT2D eigenvalue weighted by atomic mass is 16.3. The summed E-state index contributed by atoms with van der Waals surface area (Å²) in [6, 6.07) is 3.74. The Bertz CT molecular complexity index is 306. The smallest absolute Gasteiger partial charge is 0.235 e. The van der Waals surface area contributed by atoms with Crippen LogP contribution in [0.1, 0.15) is 17.7 Å². The van der Waals surface area contributed by atoms with Crippen molar-refractivity contribution in [2.24, 2.45) is 0 Å². The van der Waals surface area contributed by atoms with Gasteiger partial charge in [0.1, 0.15) is 17.7 Å². The van der Waals surface area contributed by atoms with Crippen LogP contribution >= 0.6 is 0 Å². The molecule has 2 heterocycles. The third-order valence-corrected chi connectivity index (χ3v) is 1.82. The Morgan fingerprint density at radius 3 is 2.92 bits per heavy atom. The number of hydrogen-bond acceptors (Lipinski definition) is 3. The van der Waals surface area contributed by atoms with Gasteiger partial charge in [-0.05, 0) is 19.1 Å². The van der Waals surface area contributed by atoms with E-state index < -0.39 is 0 Å². The molecule has 4 nitrogen and oxygen atoms in total. The van der Waals surface area contributed by atoms with Crippen molar-refractivity contribution in [3.8, 4) is 0 Å². The normalized spacial score (nSPS) is 22.8. The van der Waals surface area contributed by atoms with E-state index >= 15 is 0 Å². The maximum Gasteiger partial charge on any atom is 0.235 e. The van der Waals surface area contributed by atoms with E-state index in [4.69, 9.17) is 4.42 Å². The first-order valence-corrected chi connectivity index (χ1v) is 3.85. The van der Waals surface area contributed by atoms with E-state index in [0.29, 0.717) is 6.54 Å².